The molecule has 2 aromatic heterocycles. The monoisotopic (exact) mass is 467 g/mol. The molecule has 0 saturated heterocycles. The van der Waals surface area contributed by atoms with E-state index >= 15 is 0 Å². The summed E-state index contributed by atoms with van der Waals surface area (Å²) in [6, 6.07) is 10.3. The molecule has 1 N–H and O–H groups in total. The molecule has 1 aromatic carbocycles. The fourth-order valence-corrected chi connectivity index (χ4v) is 5.18. The Labute approximate surface area is 200 Å². The topological polar surface area (TPSA) is 83.9 Å². The molecule has 33 heavy (non-hydrogen) atoms. The van der Waals surface area contributed by atoms with Crippen molar-refractivity contribution in [2.75, 3.05) is 14.1 Å². The predicted octanol–water partition coefficient (Wildman–Crippen LogP) is 4.85. The number of ketones is 2. The molecule has 2 heterocycles. The summed E-state index contributed by atoms with van der Waals surface area (Å²) in [7, 11) is 4.08. The Morgan fingerprint density at radius 2 is 1.82 bits per heavy atom. The van der Waals surface area contributed by atoms with E-state index in [-0.39, 0.29) is 17.6 Å². The van der Waals surface area contributed by atoms with E-state index in [2.05, 4.69) is 43.7 Å². The van der Waals surface area contributed by atoms with E-state index in [1.165, 1.54) is 18.7 Å². The highest BCUT2D eigenvalue weighted by atomic mass is 32.2. The summed E-state index contributed by atoms with van der Waals surface area (Å²) < 4.78 is 2.12. The molecule has 7 nitrogen and oxygen atoms in total. The van der Waals surface area contributed by atoms with Crippen LogP contribution in [-0.4, -0.2) is 55.6 Å². The van der Waals surface area contributed by atoms with E-state index in [1.807, 2.05) is 53.1 Å². The molecule has 0 saturated carbocycles. The number of nitrogens with zero attached hydrogens (tertiary/aromatic N) is 4. The van der Waals surface area contributed by atoms with Gasteiger partial charge in [-0.3, -0.25) is 14.5 Å². The summed E-state index contributed by atoms with van der Waals surface area (Å²) >= 11 is 1.40. The molecule has 0 aliphatic heterocycles. The van der Waals surface area contributed by atoms with Gasteiger partial charge in [0.05, 0.1) is 23.5 Å². The van der Waals surface area contributed by atoms with Crippen LogP contribution < -0.4 is 0 Å². The molecule has 0 unspecified atom stereocenters. The van der Waals surface area contributed by atoms with Crippen molar-refractivity contribution < 1.29 is 9.59 Å². The van der Waals surface area contributed by atoms with Gasteiger partial charge in [0.15, 0.2) is 22.5 Å². The highest BCUT2D eigenvalue weighted by Gasteiger charge is 2.28. The number of carbonyl (C=O) groups excluding carboxylic acids is 2. The summed E-state index contributed by atoms with van der Waals surface area (Å²) in [4.78, 5) is 30.6. The standard InChI is InChI=1S/C25H33N5O2S/c1-8-20(29(6)7)24-27-28-25(30(24)14-19-12-10-9-11-13-19)33-18(5)23(32)22-15(2)21(17(4)31)16(3)26-22/h9-13,18,20,26H,8,14H2,1-7H3/t18-,20-/m1/s1. The first-order valence-corrected chi connectivity index (χ1v) is 12.1. The lowest BCUT2D eigenvalue weighted by atomic mass is 10.0. The maximum atomic E-state index is 13.3. The van der Waals surface area contributed by atoms with Crippen molar-refractivity contribution in [3.63, 3.8) is 0 Å². The van der Waals surface area contributed by atoms with Gasteiger partial charge in [-0.25, -0.2) is 0 Å². The maximum absolute atomic E-state index is 13.3. The number of hydrogen-bond donors (Lipinski definition) is 1. The number of thioether (sulfide) groups is 1. The van der Waals surface area contributed by atoms with Crippen molar-refractivity contribution in [3.8, 4) is 0 Å². The molecule has 3 aromatic rings. The van der Waals surface area contributed by atoms with Crippen LogP contribution in [0.2, 0.25) is 0 Å². The van der Waals surface area contributed by atoms with Crippen LogP contribution >= 0.6 is 11.8 Å². The normalized spacial score (nSPS) is 13.3. The minimum Gasteiger partial charge on any atom is -0.355 e. The number of aromatic amines is 1. The van der Waals surface area contributed by atoms with Gasteiger partial charge in [-0.05, 0) is 59.3 Å². The second-order valence-corrected chi connectivity index (χ2v) is 9.91. The Hall–Kier alpha value is -2.71. The van der Waals surface area contributed by atoms with Crippen molar-refractivity contribution in [1.29, 1.82) is 0 Å². The van der Waals surface area contributed by atoms with E-state index in [0.717, 1.165) is 23.5 Å². The smallest absolute Gasteiger partial charge is 0.192 e. The molecule has 8 heteroatoms. The van der Waals surface area contributed by atoms with Crippen LogP contribution in [-0.2, 0) is 6.54 Å². The zero-order chi connectivity index (χ0) is 24.3. The van der Waals surface area contributed by atoms with Crippen molar-refractivity contribution in [2.45, 2.75) is 64.0 Å². The van der Waals surface area contributed by atoms with Gasteiger partial charge in [-0.1, -0.05) is 49.0 Å². The summed E-state index contributed by atoms with van der Waals surface area (Å²) in [5.41, 5.74) is 3.68. The third kappa shape index (κ3) is 5.28. The first-order valence-electron chi connectivity index (χ1n) is 11.2. The number of nitrogens with one attached hydrogen (secondary N) is 1. The van der Waals surface area contributed by atoms with Crippen molar-refractivity contribution in [2.24, 2.45) is 0 Å². The van der Waals surface area contributed by atoms with E-state index in [4.69, 9.17) is 0 Å². The number of carbonyl (C=O) groups is 2. The molecule has 0 aliphatic rings. The fourth-order valence-electron chi connectivity index (χ4n) is 4.27. The van der Waals surface area contributed by atoms with Crippen LogP contribution in [0.25, 0.3) is 0 Å². The Morgan fingerprint density at radius 1 is 1.15 bits per heavy atom. The highest BCUT2D eigenvalue weighted by molar-refractivity contribution is 8.00. The Morgan fingerprint density at radius 3 is 2.36 bits per heavy atom. The van der Waals surface area contributed by atoms with Crippen LogP contribution in [0.1, 0.15) is 76.7 Å². The number of hydrogen-bond acceptors (Lipinski definition) is 6. The van der Waals surface area contributed by atoms with Gasteiger partial charge in [0.2, 0.25) is 0 Å². The molecule has 3 rings (SSSR count). The van der Waals surface area contributed by atoms with Crippen molar-refractivity contribution in [1.82, 2.24) is 24.6 Å². The van der Waals surface area contributed by atoms with Gasteiger partial charge in [-0.2, -0.15) is 0 Å². The number of aromatic nitrogens is 4. The highest BCUT2D eigenvalue weighted by Crippen LogP contribution is 2.30. The predicted molar refractivity (Wildman–Crippen MR) is 132 cm³/mol. The van der Waals surface area contributed by atoms with Crippen LogP contribution in [0.3, 0.4) is 0 Å². The number of Topliss-reactive ketones (excluding diaryl/α,β-unsaturated/α-hetero) is 2. The van der Waals surface area contributed by atoms with Crippen LogP contribution in [0.5, 0.6) is 0 Å². The van der Waals surface area contributed by atoms with E-state index in [1.54, 1.807) is 0 Å². The molecule has 2 atom stereocenters. The summed E-state index contributed by atoms with van der Waals surface area (Å²) in [6.45, 7) is 9.82. The van der Waals surface area contributed by atoms with Gasteiger partial charge in [0.1, 0.15) is 0 Å². The Balaban J connectivity index is 1.94. The zero-order valence-corrected chi connectivity index (χ0v) is 21.3. The van der Waals surface area contributed by atoms with Gasteiger partial charge < -0.3 is 9.55 Å². The molecule has 0 spiro atoms. The minimum atomic E-state index is -0.396. The molecular formula is C25H33N5O2S. The zero-order valence-electron chi connectivity index (χ0n) is 20.5. The fraction of sp³-hybridized carbons (Fsp3) is 0.440. The Kier molecular flexibility index (Phi) is 7.92. The van der Waals surface area contributed by atoms with Crippen molar-refractivity contribution in [3.05, 3.63) is 64.2 Å². The Bertz CT molecular complexity index is 1130. The largest absolute Gasteiger partial charge is 0.355 e. The lowest BCUT2D eigenvalue weighted by Gasteiger charge is -2.23. The van der Waals surface area contributed by atoms with Gasteiger partial charge in [0, 0.05) is 11.3 Å². The first kappa shape index (κ1) is 24.9. The molecular weight excluding hydrogens is 434 g/mol. The number of H-pyrrole nitrogens is 1. The lowest BCUT2D eigenvalue weighted by Crippen LogP contribution is -2.24. The second-order valence-electron chi connectivity index (χ2n) is 8.61. The molecule has 176 valence electrons. The first-order chi connectivity index (χ1) is 15.6. The quantitative estimate of drug-likeness (QED) is 0.339. The van der Waals surface area contributed by atoms with Gasteiger partial charge in [0.25, 0.3) is 0 Å². The second kappa shape index (κ2) is 10.5. The number of aryl methyl sites for hydroxylation is 1. The van der Waals surface area contributed by atoms with Gasteiger partial charge >= 0.3 is 0 Å². The molecule has 0 aliphatic carbocycles. The van der Waals surface area contributed by atoms with Crippen LogP contribution in [0.15, 0.2) is 35.5 Å². The molecule has 0 radical (unpaired) electrons. The van der Waals surface area contributed by atoms with Crippen LogP contribution in [0, 0.1) is 13.8 Å². The number of rotatable bonds is 10. The van der Waals surface area contributed by atoms with Crippen LogP contribution in [0.4, 0.5) is 0 Å². The van der Waals surface area contributed by atoms with E-state index in [9.17, 15) is 9.59 Å². The maximum Gasteiger partial charge on any atom is 0.192 e. The summed E-state index contributed by atoms with van der Waals surface area (Å²) in [5.74, 6) is 0.796. The third-order valence-electron chi connectivity index (χ3n) is 5.92. The minimum absolute atomic E-state index is 0.0397. The lowest BCUT2D eigenvalue weighted by molar-refractivity contribution is 0.0988. The van der Waals surface area contributed by atoms with E-state index in [0.29, 0.717) is 28.5 Å². The van der Waals surface area contributed by atoms with E-state index < -0.39 is 5.25 Å². The SMILES string of the molecule is CC[C@H](c1nnc(S[C@H](C)C(=O)c2[nH]c(C)c(C(C)=O)c2C)n1Cc1ccccc1)N(C)C. The van der Waals surface area contributed by atoms with Gasteiger partial charge in [-0.15, -0.1) is 10.2 Å². The third-order valence-corrected chi connectivity index (χ3v) is 7.00. The molecule has 0 fully saturated rings. The molecule has 0 bridgehead atoms. The molecule has 0 amide bonds. The average molecular weight is 468 g/mol. The summed E-state index contributed by atoms with van der Waals surface area (Å²) in [6.07, 6.45) is 0.897. The average Bonchev–Trinajstić information content (AvgIpc) is 3.28. The number of benzene rings is 1. The summed E-state index contributed by atoms with van der Waals surface area (Å²) in [5, 5.41) is 9.34. The van der Waals surface area contributed by atoms with Crippen molar-refractivity contribution >= 4 is 23.3 Å².